The van der Waals surface area contributed by atoms with Crippen LogP contribution in [-0.4, -0.2) is 53.7 Å². The number of likely N-dealkylation sites (tertiary alicyclic amines) is 1. The highest BCUT2D eigenvalue weighted by Gasteiger charge is 2.37. The van der Waals surface area contributed by atoms with Gasteiger partial charge in [-0.15, -0.1) is 0 Å². The van der Waals surface area contributed by atoms with Gasteiger partial charge < -0.3 is 24.6 Å². The van der Waals surface area contributed by atoms with Crippen LogP contribution in [0.25, 0.3) is 22.3 Å². The van der Waals surface area contributed by atoms with E-state index >= 15 is 0 Å². The van der Waals surface area contributed by atoms with Crippen LogP contribution >= 0.6 is 11.6 Å². The Bertz CT molecular complexity index is 1150. The Labute approximate surface area is 173 Å². The summed E-state index contributed by atoms with van der Waals surface area (Å²) in [5, 5.41) is 32.2. The molecule has 29 heavy (non-hydrogen) atoms. The number of hydrogen-bond donors (Lipinski definition) is 3. The van der Waals surface area contributed by atoms with Crippen molar-refractivity contribution >= 4 is 30.4 Å². The second-order valence-corrected chi connectivity index (χ2v) is 8.00. The standard InChI is InChI=1S/C21H21BClNO5/c1-24-7-6-11(19(28)21(24)22)17-13(25)8-14(26)18-15(27)9-16(29-20(17)18)10-4-2-3-5-12(10)23/h2-5,8-9,11,19,21,25-26,28H,6-7,22H2,1H3/t11-,19+,21?/m1/s1. The molecule has 0 aliphatic carbocycles. The Hall–Kier alpha value is -2.48. The zero-order chi connectivity index (χ0) is 20.9. The first-order valence-corrected chi connectivity index (χ1v) is 9.83. The number of aliphatic hydroxyl groups is 1. The van der Waals surface area contributed by atoms with Gasteiger partial charge in [-0.3, -0.25) is 4.79 Å². The van der Waals surface area contributed by atoms with Crippen LogP contribution in [0.2, 0.25) is 5.02 Å². The fourth-order valence-electron chi connectivity index (χ4n) is 4.10. The Kier molecular flexibility index (Phi) is 5.06. The van der Waals surface area contributed by atoms with Gasteiger partial charge in [-0.05, 0) is 32.1 Å². The number of halogens is 1. The second kappa shape index (κ2) is 7.41. The van der Waals surface area contributed by atoms with Crippen LogP contribution in [0.15, 0.2) is 45.6 Å². The molecule has 3 aromatic rings. The third kappa shape index (κ3) is 3.29. The van der Waals surface area contributed by atoms with Crippen LogP contribution in [0.1, 0.15) is 17.9 Å². The molecule has 0 radical (unpaired) electrons. The molecule has 3 N–H and O–H groups in total. The molecule has 1 saturated heterocycles. The summed E-state index contributed by atoms with van der Waals surface area (Å²) in [7, 11) is 3.83. The maximum Gasteiger partial charge on any atom is 0.197 e. The van der Waals surface area contributed by atoms with E-state index in [-0.39, 0.29) is 34.2 Å². The van der Waals surface area contributed by atoms with Crippen LogP contribution in [0, 0.1) is 0 Å². The van der Waals surface area contributed by atoms with Crippen molar-refractivity contribution in [1.82, 2.24) is 4.90 Å². The van der Waals surface area contributed by atoms with E-state index in [9.17, 15) is 20.1 Å². The first-order chi connectivity index (χ1) is 13.8. The maximum atomic E-state index is 12.8. The van der Waals surface area contributed by atoms with Crippen molar-refractivity contribution in [2.45, 2.75) is 24.4 Å². The molecule has 2 heterocycles. The zero-order valence-electron chi connectivity index (χ0n) is 16.1. The summed E-state index contributed by atoms with van der Waals surface area (Å²) in [5.74, 6) is -0.939. The summed E-state index contributed by atoms with van der Waals surface area (Å²) in [6.45, 7) is 0.707. The summed E-state index contributed by atoms with van der Waals surface area (Å²) >= 11 is 6.27. The Morgan fingerprint density at radius 3 is 2.66 bits per heavy atom. The van der Waals surface area contributed by atoms with Crippen LogP contribution < -0.4 is 5.43 Å². The highest BCUT2D eigenvalue weighted by Crippen LogP contribution is 2.43. The molecule has 1 fully saturated rings. The van der Waals surface area contributed by atoms with E-state index < -0.39 is 17.5 Å². The average Bonchev–Trinajstić information content (AvgIpc) is 2.67. The summed E-state index contributed by atoms with van der Waals surface area (Å²) in [4.78, 5) is 14.9. The van der Waals surface area contributed by atoms with E-state index in [2.05, 4.69) is 0 Å². The van der Waals surface area contributed by atoms with Crippen molar-refractivity contribution in [3.05, 3.63) is 57.2 Å². The van der Waals surface area contributed by atoms with Gasteiger partial charge in [-0.2, -0.15) is 0 Å². The first kappa shape index (κ1) is 19.8. The molecule has 0 spiro atoms. The number of fused-ring (bicyclic) bond motifs is 1. The van der Waals surface area contributed by atoms with E-state index in [1.54, 1.807) is 24.3 Å². The predicted molar refractivity (Wildman–Crippen MR) is 115 cm³/mol. The largest absolute Gasteiger partial charge is 0.507 e. The van der Waals surface area contributed by atoms with E-state index in [0.717, 1.165) is 6.07 Å². The van der Waals surface area contributed by atoms with E-state index in [1.807, 2.05) is 19.8 Å². The summed E-state index contributed by atoms with van der Waals surface area (Å²) < 4.78 is 6.04. The number of hydrogen-bond acceptors (Lipinski definition) is 6. The third-order valence-corrected chi connectivity index (χ3v) is 6.23. The lowest BCUT2D eigenvalue weighted by Crippen LogP contribution is -2.50. The van der Waals surface area contributed by atoms with Gasteiger partial charge >= 0.3 is 0 Å². The van der Waals surface area contributed by atoms with Gasteiger partial charge in [-0.25, -0.2) is 0 Å². The number of benzene rings is 2. The number of rotatable bonds is 2. The number of phenolic OH excluding ortho intramolecular Hbond substituents is 2. The normalized spacial score (nSPS) is 22.8. The number of likely N-dealkylation sites (N-methyl/N-ethyl adjacent to an activating group) is 1. The molecule has 3 atom stereocenters. The number of aliphatic hydroxyl groups excluding tert-OH is 1. The predicted octanol–water partition coefficient (Wildman–Crippen LogP) is 2.26. The molecule has 0 amide bonds. The van der Waals surface area contributed by atoms with E-state index in [1.165, 1.54) is 6.07 Å². The lowest BCUT2D eigenvalue weighted by Gasteiger charge is -2.40. The lowest BCUT2D eigenvalue weighted by molar-refractivity contribution is 0.0432. The Morgan fingerprint density at radius 2 is 1.93 bits per heavy atom. The molecule has 1 unspecified atom stereocenters. The minimum atomic E-state index is -0.776. The minimum absolute atomic E-state index is 0.0209. The SMILES string of the molecule is BC1[C@@H](O)[C@@H](c2c(O)cc(O)c3c(=O)cc(-c4ccccc4Cl)oc23)CCN1C. The number of aromatic hydroxyl groups is 2. The van der Waals surface area contributed by atoms with Crippen LogP contribution in [0.3, 0.4) is 0 Å². The highest BCUT2D eigenvalue weighted by atomic mass is 35.5. The fourth-order valence-corrected chi connectivity index (χ4v) is 4.33. The second-order valence-electron chi connectivity index (χ2n) is 7.59. The molecule has 4 rings (SSSR count). The smallest absolute Gasteiger partial charge is 0.197 e. The van der Waals surface area contributed by atoms with Gasteiger partial charge in [0.05, 0.1) is 11.1 Å². The van der Waals surface area contributed by atoms with Crippen LogP contribution in [-0.2, 0) is 0 Å². The molecule has 1 aliphatic heterocycles. The van der Waals surface area contributed by atoms with Crippen molar-refractivity contribution < 1.29 is 19.7 Å². The fraction of sp³-hybridized carbons (Fsp3) is 0.286. The molecule has 2 aromatic carbocycles. The zero-order valence-corrected chi connectivity index (χ0v) is 16.8. The third-order valence-electron chi connectivity index (χ3n) is 5.90. The minimum Gasteiger partial charge on any atom is -0.507 e. The summed E-state index contributed by atoms with van der Waals surface area (Å²) in [6, 6.07) is 9.36. The van der Waals surface area contributed by atoms with Crippen molar-refractivity contribution in [3.8, 4) is 22.8 Å². The van der Waals surface area contributed by atoms with Gasteiger partial charge in [-0.1, -0.05) is 23.7 Å². The van der Waals surface area contributed by atoms with Crippen molar-refractivity contribution in [1.29, 1.82) is 0 Å². The van der Waals surface area contributed by atoms with Crippen LogP contribution in [0.4, 0.5) is 0 Å². The molecule has 0 saturated carbocycles. The maximum absolute atomic E-state index is 12.8. The number of phenols is 2. The van der Waals surface area contributed by atoms with Gasteiger partial charge in [0.2, 0.25) is 0 Å². The van der Waals surface area contributed by atoms with Crippen molar-refractivity contribution in [2.75, 3.05) is 13.6 Å². The quantitative estimate of drug-likeness (QED) is 0.558. The van der Waals surface area contributed by atoms with Crippen molar-refractivity contribution in [2.24, 2.45) is 0 Å². The molecule has 8 heteroatoms. The summed E-state index contributed by atoms with van der Waals surface area (Å²) in [6.07, 6.45) is -0.211. The monoisotopic (exact) mass is 413 g/mol. The molecule has 0 bridgehead atoms. The van der Waals surface area contributed by atoms with Gasteiger partial charge in [0.25, 0.3) is 0 Å². The molecule has 1 aliphatic rings. The van der Waals surface area contributed by atoms with Crippen LogP contribution in [0.5, 0.6) is 11.5 Å². The first-order valence-electron chi connectivity index (χ1n) is 9.45. The molecule has 6 nitrogen and oxygen atoms in total. The highest BCUT2D eigenvalue weighted by molar-refractivity contribution is 6.33. The lowest BCUT2D eigenvalue weighted by atomic mass is 9.74. The molecular weight excluding hydrogens is 392 g/mol. The van der Waals surface area contributed by atoms with E-state index in [0.29, 0.717) is 29.1 Å². The number of nitrogens with zero attached hydrogens (tertiary/aromatic N) is 1. The van der Waals surface area contributed by atoms with Gasteiger partial charge in [0.15, 0.2) is 5.43 Å². The Balaban J connectivity index is 2.00. The molecule has 1 aromatic heterocycles. The van der Waals surface area contributed by atoms with Gasteiger partial charge in [0, 0.05) is 35.1 Å². The van der Waals surface area contributed by atoms with E-state index in [4.69, 9.17) is 16.0 Å². The van der Waals surface area contributed by atoms with Gasteiger partial charge in [0.1, 0.15) is 36.1 Å². The number of piperidine rings is 1. The molecule has 150 valence electrons. The topological polar surface area (TPSA) is 94.1 Å². The average molecular weight is 414 g/mol. The van der Waals surface area contributed by atoms with Crippen molar-refractivity contribution in [3.63, 3.8) is 0 Å². The molecular formula is C21H21BClNO5. The summed E-state index contributed by atoms with van der Waals surface area (Å²) in [5.41, 5.74) is 0.483. The Morgan fingerprint density at radius 1 is 1.21 bits per heavy atom.